The highest BCUT2D eigenvalue weighted by atomic mass is 32.2. The van der Waals surface area contributed by atoms with Gasteiger partial charge in [-0.3, -0.25) is 15.0 Å². The molecule has 1 N–H and O–H groups in total. The van der Waals surface area contributed by atoms with Crippen LogP contribution < -0.4 is 0 Å². The van der Waals surface area contributed by atoms with Crippen LogP contribution in [-0.2, 0) is 14.3 Å². The van der Waals surface area contributed by atoms with E-state index in [1.165, 1.54) is 24.1 Å². The molecule has 0 unspecified atom stereocenters. The minimum atomic E-state index is -0.556. The zero-order chi connectivity index (χ0) is 19.1. The van der Waals surface area contributed by atoms with Gasteiger partial charge in [0, 0.05) is 5.25 Å². The third kappa shape index (κ3) is 3.21. The third-order valence-corrected chi connectivity index (χ3v) is 5.93. The van der Waals surface area contributed by atoms with Crippen LogP contribution in [0.4, 0.5) is 0 Å². The maximum Gasteiger partial charge on any atom is 0.283 e. The number of carbonyl (C=O) groups is 2. The summed E-state index contributed by atoms with van der Waals surface area (Å²) in [5, 5.41) is 9.73. The number of carbonyl (C=O) groups excluding carboxylic acids is 2. The quantitative estimate of drug-likeness (QED) is 0.566. The molecule has 4 rings (SSSR count). The molecule has 1 aliphatic carbocycles. The number of ether oxygens (including phenoxy) is 1. The van der Waals surface area contributed by atoms with E-state index in [1.54, 1.807) is 17.1 Å². The maximum atomic E-state index is 12.7. The maximum absolute atomic E-state index is 12.7. The molecule has 0 spiro atoms. The van der Waals surface area contributed by atoms with Crippen molar-refractivity contribution in [3.05, 3.63) is 47.8 Å². The number of allylic oxidation sites excluding steroid dienone is 4. The van der Waals surface area contributed by atoms with Crippen molar-refractivity contribution in [2.75, 3.05) is 0 Å². The summed E-state index contributed by atoms with van der Waals surface area (Å²) in [5.41, 5.74) is 0.306. The minimum absolute atomic E-state index is 0.0307. The van der Waals surface area contributed by atoms with Crippen LogP contribution in [0.5, 0.6) is 0 Å². The van der Waals surface area contributed by atoms with Crippen LogP contribution >= 0.6 is 23.7 Å². The van der Waals surface area contributed by atoms with Crippen LogP contribution in [0.15, 0.2) is 57.2 Å². The Morgan fingerprint density at radius 2 is 2.11 bits per heavy atom. The molecule has 3 aliphatic heterocycles. The normalized spacial score (nSPS) is 28.1. The van der Waals surface area contributed by atoms with E-state index in [0.717, 1.165) is 11.9 Å². The lowest BCUT2D eigenvalue weighted by Gasteiger charge is -2.28. The highest BCUT2D eigenvalue weighted by Crippen LogP contribution is 2.34. The molecule has 2 atom stereocenters. The van der Waals surface area contributed by atoms with Crippen LogP contribution in [0.1, 0.15) is 13.8 Å². The molecule has 1 amide bonds. The molecular weight excluding hydrogens is 384 g/mol. The summed E-state index contributed by atoms with van der Waals surface area (Å²) in [6, 6.07) is 0. The fourth-order valence-electron chi connectivity index (χ4n) is 2.91. The van der Waals surface area contributed by atoms with Gasteiger partial charge < -0.3 is 4.74 Å². The number of ketones is 1. The Bertz CT molecular complexity index is 927. The monoisotopic (exact) mass is 400 g/mol. The second-order valence-electron chi connectivity index (χ2n) is 6.41. The molecule has 7 nitrogen and oxygen atoms in total. The molecule has 0 aromatic rings. The van der Waals surface area contributed by atoms with E-state index in [0.29, 0.717) is 10.3 Å². The third-order valence-electron chi connectivity index (χ3n) is 4.16. The average molecular weight is 400 g/mol. The number of amides is 1. The van der Waals surface area contributed by atoms with Crippen LogP contribution in [0.2, 0.25) is 0 Å². The van der Waals surface area contributed by atoms with E-state index in [1.807, 2.05) is 26.0 Å². The lowest BCUT2D eigenvalue weighted by atomic mass is 9.87. The minimum Gasteiger partial charge on any atom is -0.492 e. The summed E-state index contributed by atoms with van der Waals surface area (Å²) in [4.78, 5) is 30.8. The van der Waals surface area contributed by atoms with Gasteiger partial charge in [0.2, 0.25) is 5.17 Å². The molecule has 9 heteroatoms. The first kappa shape index (κ1) is 18.0. The molecule has 0 fully saturated rings. The number of nitrogens with one attached hydrogen (secondary N) is 1. The van der Waals surface area contributed by atoms with Gasteiger partial charge in [0.15, 0.2) is 11.0 Å². The number of Topliss-reactive ketones (excluding diaryl/α,β-unsaturated/α-hetero) is 1. The SMILES string of the molecule is CC(C)SC1=NSC2=NC(=O)/C(=C\C3=CO[C@@H]4C=CC=C[C@H]4C3=O)C(=N)N21. The van der Waals surface area contributed by atoms with E-state index in [-0.39, 0.29) is 34.1 Å². The van der Waals surface area contributed by atoms with Crippen molar-refractivity contribution in [1.82, 2.24) is 4.90 Å². The molecule has 0 radical (unpaired) electrons. The number of hydrogen-bond donors (Lipinski definition) is 1. The zero-order valence-corrected chi connectivity index (χ0v) is 16.2. The average Bonchev–Trinajstić information content (AvgIpc) is 3.02. The van der Waals surface area contributed by atoms with E-state index in [9.17, 15) is 9.59 Å². The van der Waals surface area contributed by atoms with Crippen molar-refractivity contribution in [3.63, 3.8) is 0 Å². The van der Waals surface area contributed by atoms with Crippen molar-refractivity contribution >= 4 is 51.6 Å². The van der Waals surface area contributed by atoms with Gasteiger partial charge in [0.05, 0.1) is 35.3 Å². The van der Waals surface area contributed by atoms with Crippen LogP contribution in [0.25, 0.3) is 0 Å². The number of aliphatic imine (C=N–C) groups is 1. The topological polar surface area (TPSA) is 95.2 Å². The molecule has 138 valence electrons. The van der Waals surface area contributed by atoms with Gasteiger partial charge in [-0.1, -0.05) is 43.8 Å². The van der Waals surface area contributed by atoms with Crippen molar-refractivity contribution < 1.29 is 14.3 Å². The first-order chi connectivity index (χ1) is 13.0. The molecular formula is C18H16N4O3S2. The lowest BCUT2D eigenvalue weighted by molar-refractivity contribution is -0.121. The molecule has 0 aromatic heterocycles. The van der Waals surface area contributed by atoms with Crippen molar-refractivity contribution in [2.45, 2.75) is 25.2 Å². The summed E-state index contributed by atoms with van der Waals surface area (Å²) in [7, 11) is 0. The Hall–Kier alpha value is -2.39. The highest BCUT2D eigenvalue weighted by Gasteiger charge is 2.39. The summed E-state index contributed by atoms with van der Waals surface area (Å²) in [6.45, 7) is 4.04. The number of fused-ring (bicyclic) bond motifs is 2. The number of thioether (sulfide) groups is 1. The Labute approximate surface area is 164 Å². The molecule has 3 heterocycles. The fraction of sp³-hybridized carbons (Fsp3) is 0.278. The second-order valence-corrected chi connectivity index (χ2v) is 8.68. The van der Waals surface area contributed by atoms with E-state index in [2.05, 4.69) is 9.39 Å². The zero-order valence-electron chi connectivity index (χ0n) is 14.6. The lowest BCUT2D eigenvalue weighted by Crippen LogP contribution is -2.42. The summed E-state index contributed by atoms with van der Waals surface area (Å²) >= 11 is 2.57. The van der Waals surface area contributed by atoms with Gasteiger partial charge in [-0.2, -0.15) is 9.39 Å². The van der Waals surface area contributed by atoms with Crippen molar-refractivity contribution in [1.29, 1.82) is 5.41 Å². The van der Waals surface area contributed by atoms with E-state index < -0.39 is 11.8 Å². The van der Waals surface area contributed by atoms with Gasteiger partial charge in [-0.25, -0.2) is 4.90 Å². The number of hydrogen-bond acceptors (Lipinski definition) is 7. The molecule has 0 aromatic carbocycles. The smallest absolute Gasteiger partial charge is 0.283 e. The van der Waals surface area contributed by atoms with E-state index >= 15 is 0 Å². The number of rotatable bonds is 2. The largest absolute Gasteiger partial charge is 0.492 e. The van der Waals surface area contributed by atoms with Gasteiger partial charge >= 0.3 is 0 Å². The molecule has 0 bridgehead atoms. The van der Waals surface area contributed by atoms with E-state index in [4.69, 9.17) is 10.1 Å². The molecule has 0 saturated heterocycles. The number of amidine groups is 3. The molecule has 4 aliphatic rings. The Kier molecular flexibility index (Phi) is 4.65. The Morgan fingerprint density at radius 1 is 1.33 bits per heavy atom. The van der Waals surface area contributed by atoms with Gasteiger partial charge in [0.1, 0.15) is 11.9 Å². The first-order valence-corrected chi connectivity index (χ1v) is 10.0. The summed E-state index contributed by atoms with van der Waals surface area (Å²) in [6.07, 6.45) is 9.67. The summed E-state index contributed by atoms with van der Waals surface area (Å²) in [5.74, 6) is -1.15. The van der Waals surface area contributed by atoms with Crippen LogP contribution in [-0.4, -0.2) is 44.1 Å². The number of nitrogens with zero attached hydrogens (tertiary/aromatic N) is 3. The van der Waals surface area contributed by atoms with Crippen LogP contribution in [0, 0.1) is 11.3 Å². The predicted molar refractivity (Wildman–Crippen MR) is 108 cm³/mol. The van der Waals surface area contributed by atoms with Gasteiger partial charge in [0.25, 0.3) is 5.91 Å². The van der Waals surface area contributed by atoms with Gasteiger partial charge in [-0.15, -0.1) is 0 Å². The summed E-state index contributed by atoms with van der Waals surface area (Å²) < 4.78 is 9.91. The second kappa shape index (κ2) is 6.97. The standard InChI is InChI=1S/C18H16N4O3S2/c1-9(2)26-18-21-27-17-20-16(24)12(15(19)22(17)18)7-10-8-25-13-6-4-3-5-11(13)14(10)23/h3-9,11,13,19H,1-2H3/b12-7-,19-15?/t11-,13-/m1/s1. The Balaban J connectivity index is 1.65. The van der Waals surface area contributed by atoms with Crippen molar-refractivity contribution in [3.8, 4) is 0 Å². The van der Waals surface area contributed by atoms with Crippen molar-refractivity contribution in [2.24, 2.45) is 15.3 Å². The molecule has 0 saturated carbocycles. The van der Waals surface area contributed by atoms with Gasteiger partial charge in [-0.05, 0) is 12.2 Å². The van der Waals surface area contributed by atoms with Crippen LogP contribution in [0.3, 0.4) is 0 Å². The highest BCUT2D eigenvalue weighted by molar-refractivity contribution is 8.19. The Morgan fingerprint density at radius 3 is 2.89 bits per heavy atom. The first-order valence-electron chi connectivity index (χ1n) is 8.36. The molecule has 27 heavy (non-hydrogen) atoms. The fourth-order valence-corrected chi connectivity index (χ4v) is 4.58. The predicted octanol–water partition coefficient (Wildman–Crippen LogP) is 2.84.